The van der Waals surface area contributed by atoms with E-state index in [0.29, 0.717) is 0 Å². The SMILES string of the molecule is Cc1cccc(/C=C/CN(C)Cc2ccc3c(c2)CCCCC3)c1.Cl. The number of aryl methyl sites for hydroxylation is 3. The molecule has 0 bridgehead atoms. The van der Waals surface area contributed by atoms with E-state index in [4.69, 9.17) is 0 Å². The molecule has 0 aromatic heterocycles. The summed E-state index contributed by atoms with van der Waals surface area (Å²) in [6, 6.07) is 15.8. The number of hydrogen-bond donors (Lipinski definition) is 0. The lowest BCUT2D eigenvalue weighted by Gasteiger charge is -2.16. The van der Waals surface area contributed by atoms with Gasteiger partial charge in [0, 0.05) is 13.1 Å². The Labute approximate surface area is 159 Å². The fourth-order valence-corrected chi connectivity index (χ4v) is 3.58. The van der Waals surface area contributed by atoms with Gasteiger partial charge < -0.3 is 0 Å². The average molecular weight is 356 g/mol. The fraction of sp³-hybridized carbons (Fsp3) is 0.391. The molecule has 3 rings (SSSR count). The van der Waals surface area contributed by atoms with Crippen LogP contribution in [0.2, 0.25) is 0 Å². The first-order valence-corrected chi connectivity index (χ1v) is 9.23. The van der Waals surface area contributed by atoms with Crippen molar-refractivity contribution < 1.29 is 0 Å². The zero-order chi connectivity index (χ0) is 16.8. The van der Waals surface area contributed by atoms with Crippen molar-refractivity contribution in [2.24, 2.45) is 0 Å². The van der Waals surface area contributed by atoms with Crippen LogP contribution in [0.1, 0.15) is 47.1 Å². The third-order valence-corrected chi connectivity index (χ3v) is 4.88. The van der Waals surface area contributed by atoms with Gasteiger partial charge in [-0.2, -0.15) is 0 Å². The Morgan fingerprint density at radius 2 is 1.76 bits per heavy atom. The van der Waals surface area contributed by atoms with Gasteiger partial charge in [0.05, 0.1) is 0 Å². The molecule has 0 N–H and O–H groups in total. The standard InChI is InChI=1S/C23H29N.ClH/c1-19-8-6-9-20(16-19)10-7-15-24(2)18-21-13-14-22-11-4-3-5-12-23(22)17-21;/h6-10,13-14,16-17H,3-5,11-12,15,18H2,1-2H3;1H/b10-7+;. The fourth-order valence-electron chi connectivity index (χ4n) is 3.58. The molecule has 0 atom stereocenters. The van der Waals surface area contributed by atoms with E-state index < -0.39 is 0 Å². The molecule has 0 aliphatic heterocycles. The van der Waals surface area contributed by atoms with Crippen LogP contribution in [0.3, 0.4) is 0 Å². The summed E-state index contributed by atoms with van der Waals surface area (Å²) < 4.78 is 0. The largest absolute Gasteiger partial charge is 0.298 e. The van der Waals surface area contributed by atoms with Crippen LogP contribution in [0.5, 0.6) is 0 Å². The smallest absolute Gasteiger partial charge is 0.0234 e. The van der Waals surface area contributed by atoms with Crippen molar-refractivity contribution in [1.29, 1.82) is 0 Å². The van der Waals surface area contributed by atoms with Gasteiger partial charge in [-0.1, -0.05) is 66.6 Å². The Balaban J connectivity index is 0.00000225. The highest BCUT2D eigenvalue weighted by Crippen LogP contribution is 2.22. The molecule has 0 unspecified atom stereocenters. The minimum Gasteiger partial charge on any atom is -0.298 e. The summed E-state index contributed by atoms with van der Waals surface area (Å²) in [4.78, 5) is 2.38. The van der Waals surface area contributed by atoms with E-state index in [1.165, 1.54) is 48.8 Å². The molecule has 1 aliphatic carbocycles. The monoisotopic (exact) mass is 355 g/mol. The number of likely N-dealkylation sites (N-methyl/N-ethyl adjacent to an activating group) is 1. The van der Waals surface area contributed by atoms with Gasteiger partial charge in [-0.25, -0.2) is 0 Å². The highest BCUT2D eigenvalue weighted by molar-refractivity contribution is 5.85. The Morgan fingerprint density at radius 1 is 0.960 bits per heavy atom. The van der Waals surface area contributed by atoms with E-state index in [-0.39, 0.29) is 12.4 Å². The van der Waals surface area contributed by atoms with E-state index in [9.17, 15) is 0 Å². The third kappa shape index (κ3) is 6.02. The minimum atomic E-state index is 0. The van der Waals surface area contributed by atoms with Crippen LogP contribution >= 0.6 is 12.4 Å². The summed E-state index contributed by atoms with van der Waals surface area (Å²) in [5.41, 5.74) is 7.22. The lowest BCUT2D eigenvalue weighted by molar-refractivity contribution is 0.364. The highest BCUT2D eigenvalue weighted by atomic mass is 35.5. The highest BCUT2D eigenvalue weighted by Gasteiger charge is 2.09. The molecule has 0 amide bonds. The number of benzene rings is 2. The lowest BCUT2D eigenvalue weighted by Crippen LogP contribution is -2.17. The Morgan fingerprint density at radius 3 is 2.56 bits per heavy atom. The normalized spacial score (nSPS) is 14.2. The van der Waals surface area contributed by atoms with Crippen LogP contribution in [0, 0.1) is 6.92 Å². The summed E-state index contributed by atoms with van der Waals surface area (Å²) in [7, 11) is 2.20. The zero-order valence-electron chi connectivity index (χ0n) is 15.5. The summed E-state index contributed by atoms with van der Waals surface area (Å²) in [6.07, 6.45) is 11.1. The molecule has 1 aliphatic rings. The van der Waals surface area contributed by atoms with Crippen LogP contribution in [-0.4, -0.2) is 18.5 Å². The molecule has 0 saturated heterocycles. The predicted molar refractivity (Wildman–Crippen MR) is 111 cm³/mol. The summed E-state index contributed by atoms with van der Waals surface area (Å²) in [5.74, 6) is 0. The quantitative estimate of drug-likeness (QED) is 0.610. The van der Waals surface area contributed by atoms with Crippen molar-refractivity contribution in [2.45, 2.75) is 45.6 Å². The maximum atomic E-state index is 2.45. The van der Waals surface area contributed by atoms with Crippen LogP contribution in [0.25, 0.3) is 6.08 Å². The molecule has 0 fully saturated rings. The van der Waals surface area contributed by atoms with Crippen LogP contribution in [0.15, 0.2) is 48.5 Å². The topological polar surface area (TPSA) is 3.24 Å². The van der Waals surface area contributed by atoms with E-state index in [0.717, 1.165) is 13.1 Å². The number of rotatable bonds is 5. The van der Waals surface area contributed by atoms with E-state index in [2.05, 4.69) is 73.5 Å². The molecular weight excluding hydrogens is 326 g/mol. The number of halogens is 1. The van der Waals surface area contributed by atoms with Crippen molar-refractivity contribution in [3.8, 4) is 0 Å². The number of fused-ring (bicyclic) bond motifs is 1. The lowest BCUT2D eigenvalue weighted by atomic mass is 10.00. The van der Waals surface area contributed by atoms with Gasteiger partial charge in [-0.3, -0.25) is 4.90 Å². The first-order valence-electron chi connectivity index (χ1n) is 9.23. The van der Waals surface area contributed by atoms with Gasteiger partial charge in [0.15, 0.2) is 0 Å². The molecule has 1 nitrogen and oxygen atoms in total. The molecule has 134 valence electrons. The second-order valence-corrected chi connectivity index (χ2v) is 7.18. The Kier molecular flexibility index (Phi) is 7.74. The minimum absolute atomic E-state index is 0. The van der Waals surface area contributed by atoms with Crippen molar-refractivity contribution in [3.05, 3.63) is 76.4 Å². The van der Waals surface area contributed by atoms with Gasteiger partial charge in [0.2, 0.25) is 0 Å². The number of nitrogens with zero attached hydrogens (tertiary/aromatic N) is 1. The van der Waals surface area contributed by atoms with Crippen molar-refractivity contribution >= 4 is 18.5 Å². The van der Waals surface area contributed by atoms with E-state index in [1.54, 1.807) is 11.1 Å². The molecule has 0 heterocycles. The van der Waals surface area contributed by atoms with Crippen molar-refractivity contribution in [2.75, 3.05) is 13.6 Å². The van der Waals surface area contributed by atoms with Crippen molar-refractivity contribution in [3.63, 3.8) is 0 Å². The Bertz CT molecular complexity index is 705. The van der Waals surface area contributed by atoms with Gasteiger partial charge in [-0.15, -0.1) is 12.4 Å². The van der Waals surface area contributed by atoms with Gasteiger partial charge in [0.1, 0.15) is 0 Å². The maximum absolute atomic E-state index is 2.45. The van der Waals surface area contributed by atoms with Gasteiger partial charge >= 0.3 is 0 Å². The average Bonchev–Trinajstić information content (AvgIpc) is 2.80. The maximum Gasteiger partial charge on any atom is 0.0234 e. The van der Waals surface area contributed by atoms with E-state index >= 15 is 0 Å². The van der Waals surface area contributed by atoms with Gasteiger partial charge in [0.25, 0.3) is 0 Å². The third-order valence-electron chi connectivity index (χ3n) is 4.88. The van der Waals surface area contributed by atoms with Crippen LogP contribution in [0.4, 0.5) is 0 Å². The van der Waals surface area contributed by atoms with Crippen LogP contribution in [-0.2, 0) is 19.4 Å². The summed E-state index contributed by atoms with van der Waals surface area (Å²) >= 11 is 0. The summed E-state index contributed by atoms with van der Waals surface area (Å²) in [5, 5.41) is 0. The first-order chi connectivity index (χ1) is 11.7. The molecule has 0 spiro atoms. The Hall–Kier alpha value is -1.57. The van der Waals surface area contributed by atoms with E-state index in [1.807, 2.05) is 0 Å². The molecule has 0 saturated carbocycles. The molecule has 2 aromatic rings. The zero-order valence-corrected chi connectivity index (χ0v) is 16.3. The second-order valence-electron chi connectivity index (χ2n) is 7.18. The molecular formula is C23H30ClN. The predicted octanol–water partition coefficient (Wildman–Crippen LogP) is 5.83. The van der Waals surface area contributed by atoms with Crippen LogP contribution < -0.4 is 0 Å². The first kappa shape index (κ1) is 19.8. The summed E-state index contributed by atoms with van der Waals surface area (Å²) in [6.45, 7) is 4.14. The molecule has 0 radical (unpaired) electrons. The molecule has 2 aromatic carbocycles. The number of hydrogen-bond acceptors (Lipinski definition) is 1. The second kappa shape index (κ2) is 9.79. The molecule has 2 heteroatoms. The van der Waals surface area contributed by atoms with Crippen molar-refractivity contribution in [1.82, 2.24) is 4.90 Å². The molecule has 25 heavy (non-hydrogen) atoms. The van der Waals surface area contributed by atoms with Gasteiger partial charge in [-0.05, 0) is 61.9 Å².